The number of esters is 1. The molecule has 0 radical (unpaired) electrons. The molecule has 0 atom stereocenters. The van der Waals surface area contributed by atoms with Gasteiger partial charge in [0.15, 0.2) is 6.61 Å². The summed E-state index contributed by atoms with van der Waals surface area (Å²) < 4.78 is 18.5. The van der Waals surface area contributed by atoms with Gasteiger partial charge in [0.25, 0.3) is 5.91 Å². The second-order valence-electron chi connectivity index (χ2n) is 5.65. The fourth-order valence-corrected chi connectivity index (χ4v) is 2.75. The minimum atomic E-state index is -0.776. The molecule has 6 heteroatoms. The van der Waals surface area contributed by atoms with Crippen molar-refractivity contribution in [2.45, 2.75) is 0 Å². The highest BCUT2D eigenvalue weighted by Crippen LogP contribution is 2.23. The maximum atomic E-state index is 13.6. The topological polar surface area (TPSA) is 55.4 Å². The van der Waals surface area contributed by atoms with Crippen LogP contribution in [0.1, 0.15) is 5.56 Å². The number of ether oxygens (including phenoxy) is 1. The Morgan fingerprint density at radius 1 is 1.04 bits per heavy atom. The number of nitrogens with one attached hydrogen (secondary N) is 1. The molecule has 0 aliphatic heterocycles. The first-order valence-corrected chi connectivity index (χ1v) is 8.49. The van der Waals surface area contributed by atoms with E-state index in [-0.39, 0.29) is 10.6 Å². The second kappa shape index (κ2) is 8.47. The van der Waals surface area contributed by atoms with Gasteiger partial charge in [0.05, 0.1) is 5.02 Å². The zero-order valence-electron chi connectivity index (χ0n) is 14.1. The molecular formula is C21H15ClFNO3. The Morgan fingerprint density at radius 3 is 2.59 bits per heavy atom. The van der Waals surface area contributed by atoms with E-state index in [0.717, 1.165) is 16.8 Å². The zero-order valence-corrected chi connectivity index (χ0v) is 14.9. The quantitative estimate of drug-likeness (QED) is 0.507. The zero-order chi connectivity index (χ0) is 19.2. The van der Waals surface area contributed by atoms with Crippen LogP contribution in [-0.4, -0.2) is 18.5 Å². The number of amides is 1. The molecule has 136 valence electrons. The van der Waals surface area contributed by atoms with Crippen molar-refractivity contribution in [2.75, 3.05) is 11.9 Å². The average Bonchev–Trinajstić information content (AvgIpc) is 2.66. The predicted octanol–water partition coefficient (Wildman–Crippen LogP) is 4.83. The minimum absolute atomic E-state index is 0.0799. The van der Waals surface area contributed by atoms with Crippen molar-refractivity contribution in [3.8, 4) is 0 Å². The van der Waals surface area contributed by atoms with Crippen LogP contribution < -0.4 is 5.32 Å². The Labute approximate surface area is 160 Å². The number of carbonyl (C=O) groups excluding carboxylic acids is 2. The number of benzene rings is 3. The van der Waals surface area contributed by atoms with Crippen molar-refractivity contribution < 1.29 is 18.7 Å². The fraction of sp³-hybridized carbons (Fsp3) is 0.0476. The van der Waals surface area contributed by atoms with Gasteiger partial charge in [-0.1, -0.05) is 54.1 Å². The molecule has 3 aromatic rings. The fourth-order valence-electron chi connectivity index (χ4n) is 2.53. The summed E-state index contributed by atoms with van der Waals surface area (Å²) >= 11 is 5.87. The third kappa shape index (κ3) is 4.71. The first-order chi connectivity index (χ1) is 13.0. The monoisotopic (exact) mass is 383 g/mol. The Kier molecular flexibility index (Phi) is 5.84. The third-order valence-corrected chi connectivity index (χ3v) is 4.12. The van der Waals surface area contributed by atoms with Gasteiger partial charge in [-0.15, -0.1) is 0 Å². The number of anilines is 1. The molecule has 0 unspecified atom stereocenters. The van der Waals surface area contributed by atoms with Gasteiger partial charge in [0, 0.05) is 22.7 Å². The molecule has 0 spiro atoms. The van der Waals surface area contributed by atoms with E-state index in [1.54, 1.807) is 6.07 Å². The van der Waals surface area contributed by atoms with E-state index in [1.807, 2.05) is 36.4 Å². The maximum Gasteiger partial charge on any atom is 0.331 e. The van der Waals surface area contributed by atoms with Crippen LogP contribution >= 0.6 is 11.6 Å². The van der Waals surface area contributed by atoms with Crippen LogP contribution in [0.25, 0.3) is 16.8 Å². The normalized spacial score (nSPS) is 10.9. The van der Waals surface area contributed by atoms with Crippen LogP contribution in [0.15, 0.2) is 66.7 Å². The Hall–Kier alpha value is -3.18. The Bertz CT molecular complexity index is 1010. The van der Waals surface area contributed by atoms with E-state index in [1.165, 1.54) is 24.3 Å². The standard InChI is InChI=1S/C21H15ClFNO3/c22-17-8-4-9-18(23)16(17)11-12-21(26)27-13-20(25)24-19-10-3-6-14-5-1-2-7-15(14)19/h1-12H,13H2,(H,24,25)/b12-11+. The number of rotatable bonds is 5. The molecule has 0 heterocycles. The van der Waals surface area contributed by atoms with E-state index in [0.29, 0.717) is 5.69 Å². The van der Waals surface area contributed by atoms with Crippen molar-refractivity contribution in [1.82, 2.24) is 0 Å². The lowest BCUT2D eigenvalue weighted by molar-refractivity contribution is -0.142. The first kappa shape index (κ1) is 18.6. The summed E-state index contributed by atoms with van der Waals surface area (Å²) in [5, 5.41) is 4.75. The summed E-state index contributed by atoms with van der Waals surface area (Å²) in [4.78, 5) is 23.8. The van der Waals surface area contributed by atoms with Gasteiger partial charge in [-0.3, -0.25) is 4.79 Å². The molecule has 0 aliphatic carbocycles. The van der Waals surface area contributed by atoms with Gasteiger partial charge in [-0.05, 0) is 29.7 Å². The van der Waals surface area contributed by atoms with E-state index < -0.39 is 24.3 Å². The molecule has 0 fully saturated rings. The maximum absolute atomic E-state index is 13.6. The van der Waals surface area contributed by atoms with Crippen LogP contribution in [-0.2, 0) is 14.3 Å². The van der Waals surface area contributed by atoms with E-state index >= 15 is 0 Å². The Balaban J connectivity index is 1.59. The molecular weight excluding hydrogens is 369 g/mol. The average molecular weight is 384 g/mol. The molecule has 1 amide bonds. The van der Waals surface area contributed by atoms with Crippen molar-refractivity contribution >= 4 is 46.0 Å². The number of hydrogen-bond acceptors (Lipinski definition) is 3. The summed E-state index contributed by atoms with van der Waals surface area (Å²) in [5.74, 6) is -1.81. The SMILES string of the molecule is O=C(COC(=O)/C=C/c1c(F)cccc1Cl)Nc1cccc2ccccc12. The van der Waals surface area contributed by atoms with Crippen molar-refractivity contribution in [2.24, 2.45) is 0 Å². The third-order valence-electron chi connectivity index (χ3n) is 3.80. The highest BCUT2D eigenvalue weighted by Gasteiger charge is 2.09. The lowest BCUT2D eigenvalue weighted by atomic mass is 10.1. The van der Waals surface area contributed by atoms with Gasteiger partial charge in [-0.2, -0.15) is 0 Å². The predicted molar refractivity (Wildman–Crippen MR) is 104 cm³/mol. The molecule has 3 rings (SSSR count). The highest BCUT2D eigenvalue weighted by atomic mass is 35.5. The van der Waals surface area contributed by atoms with Gasteiger partial charge in [-0.25, -0.2) is 9.18 Å². The van der Waals surface area contributed by atoms with Crippen molar-refractivity contribution in [1.29, 1.82) is 0 Å². The van der Waals surface area contributed by atoms with Crippen LogP contribution in [0.3, 0.4) is 0 Å². The Morgan fingerprint density at radius 2 is 1.78 bits per heavy atom. The van der Waals surface area contributed by atoms with Gasteiger partial charge < -0.3 is 10.1 Å². The molecule has 3 aromatic carbocycles. The van der Waals surface area contributed by atoms with Crippen LogP contribution in [0.4, 0.5) is 10.1 Å². The molecule has 4 nitrogen and oxygen atoms in total. The molecule has 0 aliphatic rings. The molecule has 0 saturated heterocycles. The summed E-state index contributed by atoms with van der Waals surface area (Å²) in [6.45, 7) is -0.461. The summed E-state index contributed by atoms with van der Waals surface area (Å²) in [6, 6.07) is 17.3. The van der Waals surface area contributed by atoms with Gasteiger partial charge in [0.1, 0.15) is 5.82 Å². The molecule has 0 aromatic heterocycles. The van der Waals surface area contributed by atoms with Crippen LogP contribution in [0, 0.1) is 5.82 Å². The lowest BCUT2D eigenvalue weighted by Crippen LogP contribution is -2.20. The van der Waals surface area contributed by atoms with Crippen LogP contribution in [0.5, 0.6) is 0 Å². The molecule has 0 saturated carbocycles. The van der Waals surface area contributed by atoms with Gasteiger partial charge in [0.2, 0.25) is 0 Å². The largest absolute Gasteiger partial charge is 0.452 e. The minimum Gasteiger partial charge on any atom is -0.452 e. The first-order valence-electron chi connectivity index (χ1n) is 8.11. The van der Waals surface area contributed by atoms with E-state index in [2.05, 4.69) is 5.32 Å². The molecule has 27 heavy (non-hydrogen) atoms. The number of halogens is 2. The van der Waals surface area contributed by atoms with Crippen LogP contribution in [0.2, 0.25) is 5.02 Å². The number of hydrogen-bond donors (Lipinski definition) is 1. The second-order valence-corrected chi connectivity index (χ2v) is 6.06. The number of carbonyl (C=O) groups is 2. The highest BCUT2D eigenvalue weighted by molar-refractivity contribution is 6.32. The van der Waals surface area contributed by atoms with Gasteiger partial charge >= 0.3 is 5.97 Å². The van der Waals surface area contributed by atoms with E-state index in [4.69, 9.17) is 16.3 Å². The summed E-state index contributed by atoms with van der Waals surface area (Å²) in [7, 11) is 0. The lowest BCUT2D eigenvalue weighted by Gasteiger charge is -2.08. The summed E-state index contributed by atoms with van der Waals surface area (Å²) in [6.07, 6.45) is 2.23. The molecule has 1 N–H and O–H groups in total. The summed E-state index contributed by atoms with van der Waals surface area (Å²) in [5.41, 5.74) is 0.708. The van der Waals surface area contributed by atoms with E-state index in [9.17, 15) is 14.0 Å². The number of fused-ring (bicyclic) bond motifs is 1. The molecule has 0 bridgehead atoms. The van der Waals surface area contributed by atoms with Crippen molar-refractivity contribution in [3.05, 3.63) is 83.1 Å². The van der Waals surface area contributed by atoms with Crippen molar-refractivity contribution in [3.63, 3.8) is 0 Å². The smallest absolute Gasteiger partial charge is 0.331 e.